The molecular formula is C10H20N2O2S2. The molecule has 0 aliphatic carbocycles. The Hall–Kier alpha value is -0.200. The lowest BCUT2D eigenvalue weighted by Gasteiger charge is -2.31. The van der Waals surface area contributed by atoms with E-state index >= 15 is 0 Å². The molecule has 0 radical (unpaired) electrons. The zero-order valence-corrected chi connectivity index (χ0v) is 11.3. The van der Waals surface area contributed by atoms with Crippen molar-refractivity contribution in [3.63, 3.8) is 0 Å². The number of nitrogens with two attached hydrogens (primary N) is 1. The van der Waals surface area contributed by atoms with E-state index in [0.717, 1.165) is 25.7 Å². The van der Waals surface area contributed by atoms with Gasteiger partial charge in [0.2, 0.25) is 10.0 Å². The summed E-state index contributed by atoms with van der Waals surface area (Å²) in [6.07, 6.45) is 3.38. The van der Waals surface area contributed by atoms with E-state index < -0.39 is 10.0 Å². The highest BCUT2D eigenvalue weighted by molar-refractivity contribution is 7.89. The van der Waals surface area contributed by atoms with Gasteiger partial charge in [0.25, 0.3) is 0 Å². The van der Waals surface area contributed by atoms with Gasteiger partial charge in [-0.1, -0.05) is 25.6 Å². The summed E-state index contributed by atoms with van der Waals surface area (Å²) in [6.45, 7) is 3.08. The summed E-state index contributed by atoms with van der Waals surface area (Å²) in [5.41, 5.74) is 5.58. The fourth-order valence-electron chi connectivity index (χ4n) is 1.88. The van der Waals surface area contributed by atoms with E-state index in [2.05, 4.69) is 0 Å². The summed E-state index contributed by atoms with van der Waals surface area (Å²) in [5, 5.41) is 0. The third kappa shape index (κ3) is 3.68. The molecule has 0 saturated carbocycles. The molecule has 16 heavy (non-hydrogen) atoms. The van der Waals surface area contributed by atoms with E-state index in [1.165, 1.54) is 0 Å². The predicted molar refractivity (Wildman–Crippen MR) is 69.8 cm³/mol. The van der Waals surface area contributed by atoms with Gasteiger partial charge in [-0.3, -0.25) is 0 Å². The molecular weight excluding hydrogens is 244 g/mol. The van der Waals surface area contributed by atoms with Crippen LogP contribution in [0.2, 0.25) is 0 Å². The average Bonchev–Trinajstić information content (AvgIpc) is 2.26. The van der Waals surface area contributed by atoms with Crippen LogP contribution in [0, 0.1) is 5.92 Å². The molecule has 94 valence electrons. The Morgan fingerprint density at radius 1 is 1.56 bits per heavy atom. The van der Waals surface area contributed by atoms with Gasteiger partial charge in [0.05, 0.1) is 10.7 Å². The maximum Gasteiger partial charge on any atom is 0.214 e. The second kappa shape index (κ2) is 5.93. The van der Waals surface area contributed by atoms with Crippen molar-refractivity contribution in [2.75, 3.05) is 18.8 Å². The number of hydrogen-bond donors (Lipinski definition) is 1. The van der Waals surface area contributed by atoms with Crippen molar-refractivity contribution >= 4 is 27.2 Å². The largest absolute Gasteiger partial charge is 0.393 e. The van der Waals surface area contributed by atoms with Gasteiger partial charge in [0, 0.05) is 19.0 Å². The van der Waals surface area contributed by atoms with Gasteiger partial charge in [-0.25, -0.2) is 12.7 Å². The number of hydrogen-bond acceptors (Lipinski definition) is 3. The normalized spacial score (nSPS) is 23.2. The van der Waals surface area contributed by atoms with Crippen molar-refractivity contribution in [2.45, 2.75) is 32.6 Å². The molecule has 1 rings (SSSR count). The van der Waals surface area contributed by atoms with E-state index in [-0.39, 0.29) is 11.7 Å². The van der Waals surface area contributed by atoms with E-state index in [1.54, 1.807) is 4.31 Å². The van der Waals surface area contributed by atoms with Crippen LogP contribution in [0.1, 0.15) is 32.6 Å². The van der Waals surface area contributed by atoms with Crippen molar-refractivity contribution in [2.24, 2.45) is 11.7 Å². The Bertz CT molecular complexity index is 341. The lowest BCUT2D eigenvalue weighted by Crippen LogP contribution is -2.44. The number of thiocarbonyl (C=S) groups is 1. The maximum atomic E-state index is 12.0. The Kier molecular flexibility index (Phi) is 5.14. The minimum atomic E-state index is -3.09. The van der Waals surface area contributed by atoms with Crippen LogP contribution in [0.15, 0.2) is 0 Å². The number of rotatable bonds is 5. The number of piperidine rings is 1. The molecule has 6 heteroatoms. The molecule has 1 fully saturated rings. The van der Waals surface area contributed by atoms with Gasteiger partial charge in [0.1, 0.15) is 0 Å². The number of sulfonamides is 1. The van der Waals surface area contributed by atoms with Crippen molar-refractivity contribution in [1.29, 1.82) is 0 Å². The summed E-state index contributed by atoms with van der Waals surface area (Å²) in [6, 6.07) is 0. The van der Waals surface area contributed by atoms with Gasteiger partial charge >= 0.3 is 0 Å². The molecule has 1 aliphatic heterocycles. The van der Waals surface area contributed by atoms with Crippen LogP contribution in [0.4, 0.5) is 0 Å². The molecule has 0 aromatic carbocycles. The molecule has 0 aromatic heterocycles. The van der Waals surface area contributed by atoms with E-state index in [4.69, 9.17) is 18.0 Å². The van der Waals surface area contributed by atoms with E-state index in [9.17, 15) is 8.42 Å². The first-order chi connectivity index (χ1) is 7.47. The van der Waals surface area contributed by atoms with Crippen LogP contribution in [-0.2, 0) is 10.0 Å². The number of nitrogens with zero attached hydrogens (tertiary/aromatic N) is 1. The van der Waals surface area contributed by atoms with Crippen molar-refractivity contribution < 1.29 is 8.42 Å². The van der Waals surface area contributed by atoms with Gasteiger partial charge < -0.3 is 5.73 Å². The summed E-state index contributed by atoms with van der Waals surface area (Å²) < 4.78 is 25.5. The van der Waals surface area contributed by atoms with Crippen LogP contribution in [0.25, 0.3) is 0 Å². The first-order valence-corrected chi connectivity index (χ1v) is 7.76. The highest BCUT2D eigenvalue weighted by Crippen LogP contribution is 2.20. The first kappa shape index (κ1) is 13.9. The molecule has 0 bridgehead atoms. The lowest BCUT2D eigenvalue weighted by atomic mass is 10.0. The second-order valence-electron chi connectivity index (χ2n) is 4.27. The minimum Gasteiger partial charge on any atom is -0.393 e. The van der Waals surface area contributed by atoms with Crippen molar-refractivity contribution in [3.8, 4) is 0 Å². The zero-order valence-electron chi connectivity index (χ0n) is 9.68. The van der Waals surface area contributed by atoms with Gasteiger partial charge in [-0.15, -0.1) is 0 Å². The smallest absolute Gasteiger partial charge is 0.214 e. The summed E-state index contributed by atoms with van der Waals surface area (Å²) in [7, 11) is -3.09. The van der Waals surface area contributed by atoms with Crippen LogP contribution in [-0.4, -0.2) is 36.6 Å². The zero-order chi connectivity index (χ0) is 12.2. The number of unbranched alkanes of at least 4 members (excludes halogenated alkanes) is 1. The molecule has 1 saturated heterocycles. The molecule has 2 N–H and O–H groups in total. The first-order valence-electron chi connectivity index (χ1n) is 5.74. The van der Waals surface area contributed by atoms with Crippen LogP contribution < -0.4 is 5.73 Å². The van der Waals surface area contributed by atoms with Crippen molar-refractivity contribution in [3.05, 3.63) is 0 Å². The molecule has 0 spiro atoms. The minimum absolute atomic E-state index is 0.0557. The van der Waals surface area contributed by atoms with Gasteiger partial charge in [-0.2, -0.15) is 0 Å². The Morgan fingerprint density at radius 3 is 2.81 bits per heavy atom. The monoisotopic (exact) mass is 264 g/mol. The highest BCUT2D eigenvalue weighted by Gasteiger charge is 2.29. The van der Waals surface area contributed by atoms with Crippen LogP contribution in [0.5, 0.6) is 0 Å². The van der Waals surface area contributed by atoms with Crippen molar-refractivity contribution in [1.82, 2.24) is 4.31 Å². The summed E-state index contributed by atoms with van der Waals surface area (Å²) in [4.78, 5) is 0.440. The van der Waals surface area contributed by atoms with Gasteiger partial charge in [-0.05, 0) is 19.3 Å². The summed E-state index contributed by atoms with van der Waals surface area (Å²) in [5.74, 6) is 0.299. The third-order valence-electron chi connectivity index (χ3n) is 2.94. The van der Waals surface area contributed by atoms with Crippen LogP contribution in [0.3, 0.4) is 0 Å². The third-order valence-corrected chi connectivity index (χ3v) is 5.19. The standard InChI is InChI=1S/C10H20N2O2S2/c1-2-3-7-16(13,14)12-6-4-5-9(8-12)10(11)15/h9H,2-8H2,1H3,(H2,11,15). The fourth-order valence-corrected chi connectivity index (χ4v) is 3.80. The Morgan fingerprint density at radius 2 is 2.25 bits per heavy atom. The molecule has 1 atom stereocenters. The summed E-state index contributed by atoms with van der Waals surface area (Å²) >= 11 is 4.94. The molecule has 0 aromatic rings. The van der Waals surface area contributed by atoms with E-state index in [0.29, 0.717) is 18.1 Å². The Balaban J connectivity index is 2.62. The SMILES string of the molecule is CCCCS(=O)(=O)N1CCCC(C(N)=S)C1. The van der Waals surface area contributed by atoms with Crippen LogP contribution >= 0.6 is 12.2 Å². The van der Waals surface area contributed by atoms with Gasteiger partial charge in [0.15, 0.2) is 0 Å². The average molecular weight is 264 g/mol. The maximum absolute atomic E-state index is 12.0. The highest BCUT2D eigenvalue weighted by atomic mass is 32.2. The molecule has 1 aliphatic rings. The lowest BCUT2D eigenvalue weighted by molar-refractivity contribution is 0.312. The quantitative estimate of drug-likeness (QED) is 0.756. The predicted octanol–water partition coefficient (Wildman–Crippen LogP) is 1.11. The fraction of sp³-hybridized carbons (Fsp3) is 0.900. The molecule has 4 nitrogen and oxygen atoms in total. The van der Waals surface area contributed by atoms with E-state index in [1.807, 2.05) is 6.92 Å². The Labute approximate surface area is 103 Å². The molecule has 1 unspecified atom stereocenters. The molecule has 0 amide bonds. The molecule has 1 heterocycles. The second-order valence-corrected chi connectivity index (χ2v) is 6.83. The topological polar surface area (TPSA) is 63.4 Å².